The SMILES string of the molecule is CC(C)(C)OC(=O)N[C@@H](CC(=O)NC12C[C@@H]3C[C@@H](CC(O)(C3)C1)C2)C(=O)N1Cc2ccccc2C1. The first-order chi connectivity index (χ1) is 16.4. The van der Waals surface area contributed by atoms with Gasteiger partial charge in [0.25, 0.3) is 0 Å². The second-order valence-corrected chi connectivity index (χ2v) is 12.4. The van der Waals surface area contributed by atoms with Gasteiger partial charge in [-0.2, -0.15) is 0 Å². The van der Waals surface area contributed by atoms with Gasteiger partial charge in [0, 0.05) is 18.6 Å². The van der Waals surface area contributed by atoms with Gasteiger partial charge in [-0.1, -0.05) is 24.3 Å². The number of hydrogen-bond donors (Lipinski definition) is 3. The van der Waals surface area contributed by atoms with Crippen LogP contribution in [-0.4, -0.2) is 50.7 Å². The molecule has 3 amide bonds. The molecule has 1 aromatic carbocycles. The monoisotopic (exact) mass is 483 g/mol. The zero-order chi connectivity index (χ0) is 25.0. The van der Waals surface area contributed by atoms with Crippen molar-refractivity contribution in [3.63, 3.8) is 0 Å². The van der Waals surface area contributed by atoms with Crippen LogP contribution < -0.4 is 10.6 Å². The Morgan fingerprint density at radius 1 is 1.09 bits per heavy atom. The average molecular weight is 484 g/mol. The number of nitrogens with zero attached hydrogens (tertiary/aromatic N) is 1. The third-order valence-electron chi connectivity index (χ3n) is 7.97. The van der Waals surface area contributed by atoms with E-state index in [9.17, 15) is 19.5 Å². The van der Waals surface area contributed by atoms with Crippen molar-refractivity contribution in [3.8, 4) is 0 Å². The lowest BCUT2D eigenvalue weighted by atomic mass is 9.51. The summed E-state index contributed by atoms with van der Waals surface area (Å²) in [5.41, 5.74) is 0.312. The molecule has 5 atom stereocenters. The predicted molar refractivity (Wildman–Crippen MR) is 129 cm³/mol. The first-order valence-corrected chi connectivity index (χ1v) is 12.8. The molecule has 1 aliphatic heterocycles. The minimum Gasteiger partial charge on any atom is -0.444 e. The van der Waals surface area contributed by atoms with Gasteiger partial charge in [0.15, 0.2) is 0 Å². The molecule has 3 N–H and O–H groups in total. The van der Waals surface area contributed by atoms with Gasteiger partial charge in [-0.15, -0.1) is 0 Å². The van der Waals surface area contributed by atoms with Crippen LogP contribution in [0.1, 0.15) is 76.8 Å². The van der Waals surface area contributed by atoms with Crippen LogP contribution in [0.2, 0.25) is 0 Å². The van der Waals surface area contributed by atoms with Crippen LogP contribution in [0, 0.1) is 11.8 Å². The third kappa shape index (κ3) is 5.17. The first kappa shape index (κ1) is 24.1. The van der Waals surface area contributed by atoms with Crippen molar-refractivity contribution in [2.24, 2.45) is 11.8 Å². The van der Waals surface area contributed by atoms with Crippen molar-refractivity contribution in [1.82, 2.24) is 15.5 Å². The van der Waals surface area contributed by atoms with Crippen LogP contribution >= 0.6 is 0 Å². The Labute approximate surface area is 206 Å². The Morgan fingerprint density at radius 3 is 2.23 bits per heavy atom. The lowest BCUT2D eigenvalue weighted by Gasteiger charge is -2.60. The Kier molecular flexibility index (Phi) is 5.86. The summed E-state index contributed by atoms with van der Waals surface area (Å²) in [4.78, 5) is 41.0. The van der Waals surface area contributed by atoms with Crippen LogP contribution in [0.4, 0.5) is 4.79 Å². The summed E-state index contributed by atoms with van der Waals surface area (Å²) in [7, 11) is 0. The van der Waals surface area contributed by atoms with Crippen molar-refractivity contribution in [3.05, 3.63) is 35.4 Å². The Morgan fingerprint density at radius 2 is 1.69 bits per heavy atom. The highest BCUT2D eigenvalue weighted by Crippen LogP contribution is 2.57. The molecule has 4 aliphatic carbocycles. The number of aliphatic hydroxyl groups is 1. The molecule has 0 aromatic heterocycles. The van der Waals surface area contributed by atoms with Crippen molar-refractivity contribution >= 4 is 17.9 Å². The fourth-order valence-electron chi connectivity index (χ4n) is 7.25. The molecule has 6 rings (SSSR count). The second kappa shape index (κ2) is 8.50. The molecule has 8 heteroatoms. The van der Waals surface area contributed by atoms with E-state index >= 15 is 0 Å². The summed E-state index contributed by atoms with van der Waals surface area (Å²) in [6.07, 6.45) is 4.18. The molecule has 1 aromatic rings. The maximum atomic E-state index is 13.5. The van der Waals surface area contributed by atoms with Gasteiger partial charge < -0.3 is 25.4 Å². The number of fused-ring (bicyclic) bond motifs is 1. The number of carbonyl (C=O) groups excluding carboxylic acids is 3. The summed E-state index contributed by atoms with van der Waals surface area (Å²) in [5.74, 6) is 0.289. The lowest BCUT2D eigenvalue weighted by molar-refractivity contribution is -0.152. The van der Waals surface area contributed by atoms with Crippen LogP contribution in [0.15, 0.2) is 24.3 Å². The smallest absolute Gasteiger partial charge is 0.408 e. The largest absolute Gasteiger partial charge is 0.444 e. The number of rotatable bonds is 5. The van der Waals surface area contributed by atoms with Crippen LogP contribution in [-0.2, 0) is 27.4 Å². The maximum absolute atomic E-state index is 13.5. The molecule has 190 valence electrons. The van der Waals surface area contributed by atoms with Crippen molar-refractivity contribution in [2.75, 3.05) is 0 Å². The quantitative estimate of drug-likeness (QED) is 0.597. The summed E-state index contributed by atoms with van der Waals surface area (Å²) in [6.45, 7) is 6.16. The summed E-state index contributed by atoms with van der Waals surface area (Å²) in [6, 6.07) is 6.83. The molecule has 5 aliphatic rings. The van der Waals surface area contributed by atoms with E-state index in [4.69, 9.17) is 4.74 Å². The molecule has 8 nitrogen and oxygen atoms in total. The summed E-state index contributed by atoms with van der Waals surface area (Å²) >= 11 is 0. The zero-order valence-corrected chi connectivity index (χ0v) is 20.9. The molecule has 4 bridgehead atoms. The highest BCUT2D eigenvalue weighted by Gasteiger charge is 2.57. The number of alkyl carbamates (subject to hydrolysis) is 1. The normalized spacial score (nSPS) is 31.6. The van der Waals surface area contributed by atoms with Crippen molar-refractivity contribution in [2.45, 2.75) is 102 Å². The van der Waals surface area contributed by atoms with Crippen LogP contribution in [0.25, 0.3) is 0 Å². The minimum atomic E-state index is -1.03. The molecular formula is C27H37N3O5. The van der Waals surface area contributed by atoms with E-state index in [-0.39, 0.29) is 18.2 Å². The molecule has 4 fully saturated rings. The molecular weight excluding hydrogens is 446 g/mol. The van der Waals surface area contributed by atoms with Gasteiger partial charge in [-0.25, -0.2) is 4.79 Å². The standard InChI is InChI=1S/C27H37N3O5/c1-25(2,3)35-24(33)28-21(23(32)30-14-19-6-4-5-7-20(19)15-30)9-22(31)29-26-10-17-8-18(11-26)13-27(34,12-17)16-26/h4-7,17-18,21,34H,8-16H2,1-3H3,(H,28,33)(H,29,31)/t17-,18+,21-,26?,27?/m0/s1. The molecule has 35 heavy (non-hydrogen) atoms. The van der Waals surface area contributed by atoms with E-state index in [0.717, 1.165) is 43.2 Å². The van der Waals surface area contributed by atoms with Gasteiger partial charge in [-0.05, 0) is 82.3 Å². The highest BCUT2D eigenvalue weighted by molar-refractivity contribution is 5.91. The topological polar surface area (TPSA) is 108 Å². The first-order valence-electron chi connectivity index (χ1n) is 12.8. The number of amides is 3. The molecule has 1 heterocycles. The average Bonchev–Trinajstić information content (AvgIpc) is 3.13. The molecule has 4 saturated carbocycles. The van der Waals surface area contributed by atoms with Crippen LogP contribution in [0.5, 0.6) is 0 Å². The van der Waals surface area contributed by atoms with Gasteiger partial charge in [-0.3, -0.25) is 9.59 Å². The van der Waals surface area contributed by atoms with Gasteiger partial charge >= 0.3 is 6.09 Å². The number of ether oxygens (including phenoxy) is 1. The Bertz CT molecular complexity index is 993. The van der Waals surface area contributed by atoms with E-state index in [1.807, 2.05) is 24.3 Å². The number of nitrogens with one attached hydrogen (secondary N) is 2. The van der Waals surface area contributed by atoms with Crippen molar-refractivity contribution in [1.29, 1.82) is 0 Å². The molecule has 2 unspecified atom stereocenters. The number of hydrogen-bond acceptors (Lipinski definition) is 5. The van der Waals surface area contributed by atoms with E-state index in [2.05, 4.69) is 10.6 Å². The predicted octanol–water partition coefficient (Wildman–Crippen LogP) is 3.01. The van der Waals surface area contributed by atoms with E-state index in [1.54, 1.807) is 25.7 Å². The molecule has 0 spiro atoms. The molecule has 0 saturated heterocycles. The molecule has 0 radical (unpaired) electrons. The zero-order valence-electron chi connectivity index (χ0n) is 20.9. The lowest BCUT2D eigenvalue weighted by Crippen LogP contribution is -2.65. The number of benzene rings is 1. The second-order valence-electron chi connectivity index (χ2n) is 12.4. The van der Waals surface area contributed by atoms with Gasteiger partial charge in [0.2, 0.25) is 11.8 Å². The number of carbonyl (C=O) groups is 3. The summed E-state index contributed by atoms with van der Waals surface area (Å²) < 4.78 is 5.39. The van der Waals surface area contributed by atoms with Crippen LogP contribution in [0.3, 0.4) is 0 Å². The van der Waals surface area contributed by atoms with Gasteiger partial charge in [0.05, 0.1) is 12.0 Å². The Balaban J connectivity index is 1.29. The fourth-order valence-corrected chi connectivity index (χ4v) is 7.25. The van der Waals surface area contributed by atoms with Crippen molar-refractivity contribution < 1.29 is 24.2 Å². The van der Waals surface area contributed by atoms with E-state index in [0.29, 0.717) is 31.3 Å². The fraction of sp³-hybridized carbons (Fsp3) is 0.667. The van der Waals surface area contributed by atoms with E-state index < -0.39 is 28.9 Å². The minimum absolute atomic E-state index is 0.166. The van der Waals surface area contributed by atoms with E-state index in [1.165, 1.54) is 0 Å². The van der Waals surface area contributed by atoms with Gasteiger partial charge in [0.1, 0.15) is 11.6 Å². The highest BCUT2D eigenvalue weighted by atomic mass is 16.6. The summed E-state index contributed by atoms with van der Waals surface area (Å²) in [5, 5.41) is 16.9. The maximum Gasteiger partial charge on any atom is 0.408 e. The third-order valence-corrected chi connectivity index (χ3v) is 7.97. The Hall–Kier alpha value is -2.61.